The predicted molar refractivity (Wildman–Crippen MR) is 71.0 cm³/mol. The molecule has 0 aliphatic heterocycles. The number of nitrogen functional groups attached to an aromatic ring is 1. The molecule has 0 saturated carbocycles. The Bertz CT molecular complexity index is 470. The minimum absolute atomic E-state index is 0.210. The van der Waals surface area contributed by atoms with Crippen molar-refractivity contribution in [2.45, 2.75) is 19.4 Å². The molecule has 1 aromatic carbocycles. The lowest BCUT2D eigenvalue weighted by Gasteiger charge is -2.11. The van der Waals surface area contributed by atoms with Crippen LogP contribution >= 0.6 is 0 Å². The van der Waals surface area contributed by atoms with Gasteiger partial charge in [-0.3, -0.25) is 4.98 Å². The first-order chi connectivity index (χ1) is 8.75. The van der Waals surface area contributed by atoms with Gasteiger partial charge in [0.05, 0.1) is 31.3 Å². The second-order valence-corrected chi connectivity index (χ2v) is 4.27. The molecule has 0 amide bonds. The van der Waals surface area contributed by atoms with Crippen LogP contribution in [0.25, 0.3) is 0 Å². The van der Waals surface area contributed by atoms with E-state index >= 15 is 0 Å². The maximum Gasteiger partial charge on any atom is 0.141 e. The van der Waals surface area contributed by atoms with Crippen LogP contribution in [0, 0.1) is 0 Å². The Kier molecular flexibility index (Phi) is 4.25. The van der Waals surface area contributed by atoms with Gasteiger partial charge in [0.2, 0.25) is 0 Å². The molecule has 2 N–H and O–H groups in total. The maximum absolute atomic E-state index is 5.67. The van der Waals surface area contributed by atoms with E-state index in [-0.39, 0.29) is 5.92 Å². The number of nitrogens with zero attached hydrogens (tertiary/aromatic N) is 2. The summed E-state index contributed by atoms with van der Waals surface area (Å²) < 4.78 is 5.67. The third-order valence-electron chi connectivity index (χ3n) is 2.68. The van der Waals surface area contributed by atoms with Crippen LogP contribution in [-0.2, 0) is 11.3 Å². The number of hydrogen-bond acceptors (Lipinski definition) is 4. The smallest absolute Gasteiger partial charge is 0.141 e. The van der Waals surface area contributed by atoms with Crippen LogP contribution in [0.3, 0.4) is 0 Å². The van der Waals surface area contributed by atoms with Gasteiger partial charge in [-0.05, 0) is 5.56 Å². The Balaban J connectivity index is 1.81. The van der Waals surface area contributed by atoms with Crippen LogP contribution in [0.2, 0.25) is 0 Å². The molecule has 0 fully saturated rings. The summed E-state index contributed by atoms with van der Waals surface area (Å²) in [7, 11) is 0. The second-order valence-electron chi connectivity index (χ2n) is 4.27. The summed E-state index contributed by atoms with van der Waals surface area (Å²) in [6.45, 7) is 3.30. The van der Waals surface area contributed by atoms with Crippen molar-refractivity contribution < 1.29 is 4.74 Å². The normalized spacial score (nSPS) is 12.3. The summed E-state index contributed by atoms with van der Waals surface area (Å²) >= 11 is 0. The van der Waals surface area contributed by atoms with Gasteiger partial charge >= 0.3 is 0 Å². The number of rotatable bonds is 5. The monoisotopic (exact) mass is 243 g/mol. The van der Waals surface area contributed by atoms with Crippen molar-refractivity contribution in [1.82, 2.24) is 9.97 Å². The van der Waals surface area contributed by atoms with Crippen molar-refractivity contribution in [3.05, 3.63) is 54.0 Å². The molecule has 4 heteroatoms. The van der Waals surface area contributed by atoms with E-state index in [9.17, 15) is 0 Å². The minimum Gasteiger partial charge on any atom is -0.382 e. The van der Waals surface area contributed by atoms with E-state index in [0.717, 1.165) is 5.69 Å². The molecule has 4 nitrogen and oxygen atoms in total. The lowest BCUT2D eigenvalue weighted by atomic mass is 10.1. The van der Waals surface area contributed by atoms with E-state index in [1.54, 1.807) is 12.4 Å². The Labute approximate surface area is 107 Å². The highest BCUT2D eigenvalue weighted by Crippen LogP contribution is 2.13. The lowest BCUT2D eigenvalue weighted by molar-refractivity contribution is 0.109. The standard InChI is InChI=1S/C14H17N3O/c1-11(13-7-17-14(15)8-16-13)9-18-10-12-5-3-2-4-6-12/h2-8,11H,9-10H2,1H3,(H2,15,17)/t11-/m0/s1. The molecule has 2 aromatic rings. The average molecular weight is 243 g/mol. The van der Waals surface area contributed by atoms with Gasteiger partial charge in [0.25, 0.3) is 0 Å². The molecule has 2 rings (SSSR count). The molecule has 0 bridgehead atoms. The Morgan fingerprint density at radius 3 is 2.61 bits per heavy atom. The molecule has 0 aliphatic carbocycles. The van der Waals surface area contributed by atoms with E-state index in [1.165, 1.54) is 5.56 Å². The van der Waals surface area contributed by atoms with Gasteiger partial charge in [0, 0.05) is 5.92 Å². The van der Waals surface area contributed by atoms with Gasteiger partial charge in [0.1, 0.15) is 5.82 Å². The molecule has 0 aliphatic rings. The zero-order valence-corrected chi connectivity index (χ0v) is 10.4. The van der Waals surface area contributed by atoms with Crippen molar-refractivity contribution >= 4 is 5.82 Å². The molecule has 1 heterocycles. The molecular formula is C14H17N3O. The SMILES string of the molecule is C[C@@H](COCc1ccccc1)c1cnc(N)cn1. The highest BCUT2D eigenvalue weighted by Gasteiger charge is 2.07. The van der Waals surface area contributed by atoms with E-state index in [2.05, 4.69) is 16.9 Å². The van der Waals surface area contributed by atoms with E-state index < -0.39 is 0 Å². The largest absolute Gasteiger partial charge is 0.382 e. The topological polar surface area (TPSA) is 61.0 Å². The van der Waals surface area contributed by atoms with Crippen LogP contribution < -0.4 is 5.73 Å². The number of anilines is 1. The van der Waals surface area contributed by atoms with E-state index in [0.29, 0.717) is 19.0 Å². The van der Waals surface area contributed by atoms with Gasteiger partial charge in [-0.1, -0.05) is 37.3 Å². The van der Waals surface area contributed by atoms with Gasteiger partial charge < -0.3 is 10.5 Å². The van der Waals surface area contributed by atoms with Gasteiger partial charge in [-0.2, -0.15) is 0 Å². The molecule has 0 saturated heterocycles. The minimum atomic E-state index is 0.210. The molecular weight excluding hydrogens is 226 g/mol. The lowest BCUT2D eigenvalue weighted by Crippen LogP contribution is -2.07. The Morgan fingerprint density at radius 1 is 1.17 bits per heavy atom. The van der Waals surface area contributed by atoms with Crippen molar-refractivity contribution in [3.8, 4) is 0 Å². The van der Waals surface area contributed by atoms with Gasteiger partial charge in [-0.15, -0.1) is 0 Å². The second kappa shape index (κ2) is 6.12. The molecule has 0 unspecified atom stereocenters. The average Bonchev–Trinajstić information content (AvgIpc) is 2.40. The molecule has 1 atom stereocenters. The summed E-state index contributed by atoms with van der Waals surface area (Å²) in [5, 5.41) is 0. The number of ether oxygens (including phenoxy) is 1. The molecule has 0 spiro atoms. The van der Waals surface area contributed by atoms with Gasteiger partial charge in [0.15, 0.2) is 0 Å². The highest BCUT2D eigenvalue weighted by atomic mass is 16.5. The summed E-state index contributed by atoms with van der Waals surface area (Å²) in [5.74, 6) is 0.651. The fourth-order valence-corrected chi connectivity index (χ4v) is 1.62. The highest BCUT2D eigenvalue weighted by molar-refractivity contribution is 5.23. The first kappa shape index (κ1) is 12.5. The fourth-order valence-electron chi connectivity index (χ4n) is 1.62. The molecule has 1 aromatic heterocycles. The predicted octanol–water partition coefficient (Wildman–Crippen LogP) is 2.38. The van der Waals surface area contributed by atoms with Crippen LogP contribution in [0.4, 0.5) is 5.82 Å². The Morgan fingerprint density at radius 2 is 1.94 bits per heavy atom. The Hall–Kier alpha value is -1.94. The third-order valence-corrected chi connectivity index (χ3v) is 2.68. The van der Waals surface area contributed by atoms with Crippen LogP contribution in [-0.4, -0.2) is 16.6 Å². The molecule has 0 radical (unpaired) electrons. The first-order valence-electron chi connectivity index (χ1n) is 5.95. The first-order valence-corrected chi connectivity index (χ1v) is 5.95. The molecule has 18 heavy (non-hydrogen) atoms. The quantitative estimate of drug-likeness (QED) is 0.875. The maximum atomic E-state index is 5.67. The fraction of sp³-hybridized carbons (Fsp3) is 0.286. The molecule has 94 valence electrons. The zero-order valence-electron chi connectivity index (χ0n) is 10.4. The van der Waals surface area contributed by atoms with Crippen molar-refractivity contribution in [1.29, 1.82) is 0 Å². The van der Waals surface area contributed by atoms with Gasteiger partial charge in [-0.25, -0.2) is 4.98 Å². The number of nitrogens with two attached hydrogens (primary N) is 1. The van der Waals surface area contributed by atoms with Crippen LogP contribution in [0.15, 0.2) is 42.7 Å². The number of aromatic nitrogens is 2. The van der Waals surface area contributed by atoms with Crippen LogP contribution in [0.1, 0.15) is 24.1 Å². The summed E-state index contributed by atoms with van der Waals surface area (Å²) in [4.78, 5) is 8.26. The third kappa shape index (κ3) is 3.53. The van der Waals surface area contributed by atoms with Crippen molar-refractivity contribution in [3.63, 3.8) is 0 Å². The van der Waals surface area contributed by atoms with E-state index in [1.807, 2.05) is 30.3 Å². The summed E-state index contributed by atoms with van der Waals surface area (Å²) in [5.41, 5.74) is 7.57. The summed E-state index contributed by atoms with van der Waals surface area (Å²) in [6.07, 6.45) is 3.27. The van der Waals surface area contributed by atoms with Crippen LogP contribution in [0.5, 0.6) is 0 Å². The summed E-state index contributed by atoms with van der Waals surface area (Å²) in [6, 6.07) is 10.1. The van der Waals surface area contributed by atoms with Crippen molar-refractivity contribution in [2.24, 2.45) is 0 Å². The van der Waals surface area contributed by atoms with E-state index in [4.69, 9.17) is 10.5 Å². The number of hydrogen-bond donors (Lipinski definition) is 1. The number of benzene rings is 1. The van der Waals surface area contributed by atoms with Crippen molar-refractivity contribution in [2.75, 3.05) is 12.3 Å². The zero-order chi connectivity index (χ0) is 12.8.